The zero-order valence-electron chi connectivity index (χ0n) is 16.3. The summed E-state index contributed by atoms with van der Waals surface area (Å²) < 4.78 is 10.8. The van der Waals surface area contributed by atoms with E-state index in [0.717, 1.165) is 30.4 Å². The Morgan fingerprint density at radius 3 is 2.62 bits per heavy atom. The summed E-state index contributed by atoms with van der Waals surface area (Å²) in [6.07, 6.45) is 4.39. The van der Waals surface area contributed by atoms with Gasteiger partial charge in [-0.05, 0) is 44.6 Å². The lowest BCUT2D eigenvalue weighted by atomic mass is 9.65. The highest BCUT2D eigenvalue weighted by atomic mass is 16.5. The molecule has 2 bridgehead atoms. The van der Waals surface area contributed by atoms with Crippen LogP contribution in [0.5, 0.6) is 0 Å². The normalized spacial score (nSPS) is 30.2. The highest BCUT2D eigenvalue weighted by Gasteiger charge is 2.45. The van der Waals surface area contributed by atoms with E-state index < -0.39 is 23.6 Å². The van der Waals surface area contributed by atoms with E-state index in [4.69, 9.17) is 9.47 Å². The minimum Gasteiger partial charge on any atom is -0.458 e. The first-order valence-electron chi connectivity index (χ1n) is 9.34. The number of Topliss-reactive ketones (excluding diaryl/α,β-unsaturated/α-hetero) is 1. The Balaban J connectivity index is 2.27. The fraction of sp³-hybridized carbons (Fsp3) is 0.667. The average molecular weight is 362 g/mol. The average Bonchev–Trinajstić information content (AvgIpc) is 2.49. The highest BCUT2D eigenvalue weighted by Crippen LogP contribution is 2.42. The molecular weight excluding hydrogens is 332 g/mol. The van der Waals surface area contributed by atoms with Crippen LogP contribution in [0.25, 0.3) is 0 Å². The number of ketones is 1. The largest absolute Gasteiger partial charge is 0.458 e. The van der Waals surface area contributed by atoms with Gasteiger partial charge in [0.15, 0.2) is 11.9 Å². The summed E-state index contributed by atoms with van der Waals surface area (Å²) in [7, 11) is 0. The summed E-state index contributed by atoms with van der Waals surface area (Å²) >= 11 is 0. The second kappa shape index (κ2) is 8.19. The van der Waals surface area contributed by atoms with E-state index in [9.17, 15) is 14.4 Å². The number of ether oxygens (including phenoxy) is 2. The Kier molecular flexibility index (Phi) is 6.43. The summed E-state index contributed by atoms with van der Waals surface area (Å²) in [6, 6.07) is 0. The Morgan fingerprint density at radius 2 is 1.96 bits per heavy atom. The molecule has 3 atom stereocenters. The molecular formula is C21H30O5. The fourth-order valence-electron chi connectivity index (χ4n) is 4.00. The fourth-order valence-corrected chi connectivity index (χ4v) is 4.00. The van der Waals surface area contributed by atoms with Crippen LogP contribution in [-0.2, 0) is 23.9 Å². The van der Waals surface area contributed by atoms with Crippen molar-refractivity contribution >= 4 is 17.7 Å². The van der Waals surface area contributed by atoms with E-state index in [1.54, 1.807) is 13.0 Å². The molecule has 0 aromatic heterocycles. The molecule has 1 aliphatic carbocycles. The maximum atomic E-state index is 12.8. The molecule has 0 amide bonds. The van der Waals surface area contributed by atoms with Crippen molar-refractivity contribution < 1.29 is 23.9 Å². The molecule has 26 heavy (non-hydrogen) atoms. The van der Waals surface area contributed by atoms with Crippen LogP contribution in [0.15, 0.2) is 23.8 Å². The molecule has 3 aliphatic rings. The first-order valence-corrected chi connectivity index (χ1v) is 9.34. The van der Waals surface area contributed by atoms with Crippen LogP contribution in [0.2, 0.25) is 0 Å². The number of esters is 2. The van der Waals surface area contributed by atoms with E-state index >= 15 is 0 Å². The van der Waals surface area contributed by atoms with Crippen molar-refractivity contribution in [2.75, 3.05) is 0 Å². The molecule has 2 heterocycles. The van der Waals surface area contributed by atoms with Crippen LogP contribution in [0.4, 0.5) is 0 Å². The smallest absolute Gasteiger partial charge is 0.310 e. The maximum absolute atomic E-state index is 12.8. The molecule has 3 rings (SSSR count). The van der Waals surface area contributed by atoms with Crippen molar-refractivity contribution in [3.63, 3.8) is 0 Å². The first kappa shape index (κ1) is 20.4. The topological polar surface area (TPSA) is 69.7 Å². The summed E-state index contributed by atoms with van der Waals surface area (Å²) in [5.41, 5.74) is 1.23. The van der Waals surface area contributed by atoms with Crippen LogP contribution >= 0.6 is 0 Å². The number of hydrogen-bond donors (Lipinski definition) is 0. The molecule has 3 unspecified atom stereocenters. The van der Waals surface area contributed by atoms with Gasteiger partial charge >= 0.3 is 11.9 Å². The van der Waals surface area contributed by atoms with Gasteiger partial charge in [-0.1, -0.05) is 31.6 Å². The molecule has 2 aliphatic heterocycles. The summed E-state index contributed by atoms with van der Waals surface area (Å²) in [5.74, 6) is -0.525. The molecule has 1 fully saturated rings. The van der Waals surface area contributed by atoms with Gasteiger partial charge in [0.2, 0.25) is 0 Å². The van der Waals surface area contributed by atoms with Gasteiger partial charge in [0.25, 0.3) is 0 Å². The lowest BCUT2D eigenvalue weighted by Gasteiger charge is -2.40. The van der Waals surface area contributed by atoms with E-state index in [-0.39, 0.29) is 24.1 Å². The van der Waals surface area contributed by atoms with Gasteiger partial charge in [0, 0.05) is 18.8 Å². The molecule has 0 aromatic carbocycles. The zero-order chi connectivity index (χ0) is 19.5. The molecule has 0 N–H and O–H groups in total. The molecule has 0 saturated heterocycles. The number of fused-ring (bicyclic) bond motifs is 10. The van der Waals surface area contributed by atoms with Crippen molar-refractivity contribution in [3.8, 4) is 0 Å². The summed E-state index contributed by atoms with van der Waals surface area (Å²) in [5, 5.41) is 0. The second-order valence-electron chi connectivity index (χ2n) is 8.17. The third kappa shape index (κ3) is 5.05. The predicted octanol–water partition coefficient (Wildman–Crippen LogP) is 3.91. The zero-order valence-corrected chi connectivity index (χ0v) is 16.3. The minimum atomic E-state index is -0.656. The Hall–Kier alpha value is -1.91. The van der Waals surface area contributed by atoms with Crippen molar-refractivity contribution in [1.82, 2.24) is 0 Å². The molecule has 0 radical (unpaired) electrons. The number of hydrogen-bond acceptors (Lipinski definition) is 5. The quantitative estimate of drug-likeness (QED) is 0.522. The molecule has 0 aromatic rings. The van der Waals surface area contributed by atoms with Crippen molar-refractivity contribution in [3.05, 3.63) is 23.8 Å². The molecule has 5 heteroatoms. The van der Waals surface area contributed by atoms with Crippen LogP contribution in [0.1, 0.15) is 66.2 Å². The predicted molar refractivity (Wildman–Crippen MR) is 98.3 cm³/mol. The molecule has 144 valence electrons. The number of carbonyl (C=O) groups is 3. The van der Waals surface area contributed by atoms with Gasteiger partial charge in [-0.25, -0.2) is 0 Å². The van der Waals surface area contributed by atoms with Crippen LogP contribution in [0, 0.1) is 11.3 Å². The molecule has 0 spiro atoms. The third-order valence-corrected chi connectivity index (χ3v) is 5.55. The number of rotatable bonds is 1. The first-order chi connectivity index (χ1) is 12.1. The monoisotopic (exact) mass is 362 g/mol. The standard InChI is InChI=1S/C21H30O5/c1-13-6-7-16-8-9-18(20(24)21(16,4)5)26-19(23)12-14(2)11-17(10-13)25-15(3)22/h11,16-18H,1,6-10,12H2,2-5H3. The minimum absolute atomic E-state index is 0.0178. The molecule has 1 saturated carbocycles. The van der Waals surface area contributed by atoms with Gasteiger partial charge in [-0.2, -0.15) is 0 Å². The Morgan fingerprint density at radius 1 is 1.27 bits per heavy atom. The number of carbonyl (C=O) groups excluding carboxylic acids is 3. The van der Waals surface area contributed by atoms with Gasteiger partial charge in [-0.3, -0.25) is 14.4 Å². The maximum Gasteiger partial charge on any atom is 0.310 e. The van der Waals surface area contributed by atoms with Crippen LogP contribution in [0.3, 0.4) is 0 Å². The highest BCUT2D eigenvalue weighted by molar-refractivity contribution is 5.91. The van der Waals surface area contributed by atoms with Gasteiger partial charge in [0.05, 0.1) is 6.42 Å². The van der Waals surface area contributed by atoms with Gasteiger partial charge < -0.3 is 9.47 Å². The van der Waals surface area contributed by atoms with Crippen molar-refractivity contribution in [2.45, 2.75) is 78.4 Å². The van der Waals surface area contributed by atoms with E-state index in [0.29, 0.717) is 12.8 Å². The summed E-state index contributed by atoms with van der Waals surface area (Å²) in [6.45, 7) is 11.2. The van der Waals surface area contributed by atoms with Crippen molar-refractivity contribution in [1.29, 1.82) is 0 Å². The lowest BCUT2D eigenvalue weighted by molar-refractivity contribution is -0.163. The van der Waals surface area contributed by atoms with E-state index in [2.05, 4.69) is 6.58 Å². The van der Waals surface area contributed by atoms with E-state index in [1.165, 1.54) is 6.92 Å². The van der Waals surface area contributed by atoms with Gasteiger partial charge in [-0.15, -0.1) is 0 Å². The van der Waals surface area contributed by atoms with Gasteiger partial charge in [0.1, 0.15) is 6.10 Å². The van der Waals surface area contributed by atoms with Crippen LogP contribution < -0.4 is 0 Å². The SMILES string of the molecule is C=C1CCC2CCC(OC(=O)CC(C)=CC(OC(C)=O)C1)C(=O)C2(C)C. The van der Waals surface area contributed by atoms with Crippen molar-refractivity contribution in [2.24, 2.45) is 11.3 Å². The molecule has 5 nitrogen and oxygen atoms in total. The van der Waals surface area contributed by atoms with E-state index in [1.807, 2.05) is 13.8 Å². The lowest BCUT2D eigenvalue weighted by Crippen LogP contribution is -2.46. The Bertz CT molecular complexity index is 628. The second-order valence-corrected chi connectivity index (χ2v) is 8.17. The van der Waals surface area contributed by atoms with Crippen LogP contribution in [-0.4, -0.2) is 29.9 Å². The third-order valence-electron chi connectivity index (χ3n) is 5.55. The Labute approximate surface area is 155 Å². The summed E-state index contributed by atoms with van der Waals surface area (Å²) in [4.78, 5) is 36.4.